The molecular formula is C14H20N2O. The average Bonchev–Trinajstić information content (AvgIpc) is 2.81. The maximum atomic E-state index is 11.9. The molecule has 0 aliphatic heterocycles. The predicted molar refractivity (Wildman–Crippen MR) is 70.2 cm³/mol. The van der Waals surface area contributed by atoms with Gasteiger partial charge in [0.05, 0.1) is 0 Å². The van der Waals surface area contributed by atoms with Crippen LogP contribution in [0.3, 0.4) is 0 Å². The van der Waals surface area contributed by atoms with E-state index >= 15 is 0 Å². The number of nitrogens with two attached hydrogens (primary N) is 1. The van der Waals surface area contributed by atoms with Crippen LogP contribution in [0.4, 0.5) is 5.69 Å². The van der Waals surface area contributed by atoms with Gasteiger partial charge in [-0.25, -0.2) is 0 Å². The minimum absolute atomic E-state index is 0.147. The van der Waals surface area contributed by atoms with Gasteiger partial charge in [0.1, 0.15) is 0 Å². The fraction of sp³-hybridized carbons (Fsp3) is 0.500. The highest BCUT2D eigenvalue weighted by Crippen LogP contribution is 2.26. The number of amides is 1. The van der Waals surface area contributed by atoms with Crippen LogP contribution in [0, 0.1) is 0 Å². The summed E-state index contributed by atoms with van der Waals surface area (Å²) in [5.41, 5.74) is 9.27. The summed E-state index contributed by atoms with van der Waals surface area (Å²) >= 11 is 0. The number of fused-ring (bicyclic) bond motifs is 1. The minimum Gasteiger partial charge on any atom is -0.330 e. The van der Waals surface area contributed by atoms with Crippen LogP contribution in [-0.2, 0) is 17.6 Å². The highest BCUT2D eigenvalue weighted by molar-refractivity contribution is 5.92. The molecule has 0 bridgehead atoms. The average molecular weight is 232 g/mol. The van der Waals surface area contributed by atoms with Crippen LogP contribution >= 0.6 is 0 Å². The molecule has 1 aromatic rings. The van der Waals surface area contributed by atoms with Crippen molar-refractivity contribution in [3.8, 4) is 0 Å². The lowest BCUT2D eigenvalue weighted by Gasteiger charge is -2.18. The second kappa shape index (κ2) is 5.32. The molecule has 0 unspecified atom stereocenters. The summed E-state index contributed by atoms with van der Waals surface area (Å²) in [6, 6.07) is 6.36. The van der Waals surface area contributed by atoms with E-state index < -0.39 is 0 Å². The second-order valence-electron chi connectivity index (χ2n) is 4.65. The fourth-order valence-corrected chi connectivity index (χ4v) is 2.33. The van der Waals surface area contributed by atoms with Gasteiger partial charge in [-0.15, -0.1) is 0 Å². The van der Waals surface area contributed by atoms with E-state index in [4.69, 9.17) is 5.73 Å². The first-order valence-corrected chi connectivity index (χ1v) is 6.31. The van der Waals surface area contributed by atoms with Crippen molar-refractivity contribution in [3.05, 3.63) is 29.3 Å². The summed E-state index contributed by atoms with van der Waals surface area (Å²) in [6.45, 7) is 0.573. The summed E-state index contributed by atoms with van der Waals surface area (Å²) in [5.74, 6) is 0.147. The normalized spacial score (nSPS) is 13.5. The Balaban J connectivity index is 2.09. The number of hydrogen-bond donors (Lipinski definition) is 1. The quantitative estimate of drug-likeness (QED) is 0.861. The van der Waals surface area contributed by atoms with Gasteiger partial charge in [0, 0.05) is 19.2 Å². The van der Waals surface area contributed by atoms with Crippen LogP contribution in [0.5, 0.6) is 0 Å². The van der Waals surface area contributed by atoms with E-state index in [1.807, 2.05) is 13.1 Å². The molecule has 2 N–H and O–H groups in total. The molecule has 0 atom stereocenters. The van der Waals surface area contributed by atoms with Gasteiger partial charge < -0.3 is 10.6 Å². The fourth-order valence-electron chi connectivity index (χ4n) is 2.33. The van der Waals surface area contributed by atoms with Crippen LogP contribution in [0.15, 0.2) is 18.2 Å². The van der Waals surface area contributed by atoms with Gasteiger partial charge in [0.25, 0.3) is 0 Å². The molecule has 0 saturated heterocycles. The van der Waals surface area contributed by atoms with Crippen LogP contribution in [-0.4, -0.2) is 19.5 Å². The molecule has 0 saturated carbocycles. The largest absolute Gasteiger partial charge is 0.330 e. The SMILES string of the molecule is CN(C(=O)CCCN)c1ccc2c(c1)CCC2. The molecule has 1 aromatic carbocycles. The number of carbonyl (C=O) groups excluding carboxylic acids is 1. The minimum atomic E-state index is 0.147. The topological polar surface area (TPSA) is 46.3 Å². The van der Waals surface area contributed by atoms with E-state index in [2.05, 4.69) is 12.1 Å². The second-order valence-corrected chi connectivity index (χ2v) is 4.65. The van der Waals surface area contributed by atoms with Crippen molar-refractivity contribution in [1.29, 1.82) is 0 Å². The zero-order chi connectivity index (χ0) is 12.3. The first-order chi connectivity index (χ1) is 8.22. The van der Waals surface area contributed by atoms with Crippen molar-refractivity contribution in [2.45, 2.75) is 32.1 Å². The van der Waals surface area contributed by atoms with Gasteiger partial charge in [-0.1, -0.05) is 6.07 Å². The molecule has 0 spiro atoms. The van der Waals surface area contributed by atoms with E-state index in [1.165, 1.54) is 24.0 Å². The molecule has 0 fully saturated rings. The number of aryl methyl sites for hydroxylation is 2. The Labute approximate surface area is 103 Å². The molecule has 92 valence electrons. The molecule has 17 heavy (non-hydrogen) atoms. The van der Waals surface area contributed by atoms with Gasteiger partial charge >= 0.3 is 0 Å². The summed E-state index contributed by atoms with van der Waals surface area (Å²) < 4.78 is 0. The smallest absolute Gasteiger partial charge is 0.226 e. The molecule has 0 heterocycles. The highest BCUT2D eigenvalue weighted by atomic mass is 16.2. The van der Waals surface area contributed by atoms with Crippen LogP contribution < -0.4 is 10.6 Å². The third kappa shape index (κ3) is 2.67. The molecule has 2 rings (SSSR count). The summed E-state index contributed by atoms with van der Waals surface area (Å²) in [4.78, 5) is 13.6. The Hall–Kier alpha value is -1.35. The van der Waals surface area contributed by atoms with E-state index in [1.54, 1.807) is 4.90 Å². The van der Waals surface area contributed by atoms with E-state index in [0.717, 1.165) is 18.5 Å². The zero-order valence-corrected chi connectivity index (χ0v) is 10.4. The number of anilines is 1. The lowest BCUT2D eigenvalue weighted by molar-refractivity contribution is -0.118. The Morgan fingerprint density at radius 2 is 2.12 bits per heavy atom. The standard InChI is InChI=1S/C14H20N2O/c1-16(14(17)6-3-9-15)13-8-7-11-4-2-5-12(11)10-13/h7-8,10H,2-6,9,15H2,1H3. The maximum absolute atomic E-state index is 11.9. The van der Waals surface area contributed by atoms with Gasteiger partial charge in [0.2, 0.25) is 5.91 Å². The van der Waals surface area contributed by atoms with Gasteiger partial charge in [-0.3, -0.25) is 4.79 Å². The molecule has 1 aliphatic rings. The number of rotatable bonds is 4. The molecule has 1 aliphatic carbocycles. The van der Waals surface area contributed by atoms with E-state index in [0.29, 0.717) is 13.0 Å². The zero-order valence-electron chi connectivity index (χ0n) is 10.4. The Kier molecular flexibility index (Phi) is 3.79. The van der Waals surface area contributed by atoms with Gasteiger partial charge in [-0.2, -0.15) is 0 Å². The van der Waals surface area contributed by atoms with Crippen molar-refractivity contribution >= 4 is 11.6 Å². The van der Waals surface area contributed by atoms with Gasteiger partial charge in [-0.05, 0) is 55.5 Å². The molecule has 0 radical (unpaired) electrons. The lowest BCUT2D eigenvalue weighted by atomic mass is 10.1. The number of benzene rings is 1. The summed E-state index contributed by atoms with van der Waals surface area (Å²) in [6.07, 6.45) is 4.86. The molecule has 3 nitrogen and oxygen atoms in total. The highest BCUT2D eigenvalue weighted by Gasteiger charge is 2.15. The van der Waals surface area contributed by atoms with Crippen LogP contribution in [0.2, 0.25) is 0 Å². The predicted octanol–water partition coefficient (Wildman–Crippen LogP) is 1.88. The number of nitrogens with zero attached hydrogens (tertiary/aromatic N) is 1. The molecule has 3 heteroatoms. The lowest BCUT2D eigenvalue weighted by Crippen LogP contribution is -2.26. The maximum Gasteiger partial charge on any atom is 0.226 e. The van der Waals surface area contributed by atoms with E-state index in [9.17, 15) is 4.79 Å². The van der Waals surface area contributed by atoms with Crippen molar-refractivity contribution < 1.29 is 4.79 Å². The molecule has 1 amide bonds. The summed E-state index contributed by atoms with van der Waals surface area (Å²) in [7, 11) is 1.84. The Morgan fingerprint density at radius 1 is 1.35 bits per heavy atom. The van der Waals surface area contributed by atoms with E-state index in [-0.39, 0.29) is 5.91 Å². The summed E-state index contributed by atoms with van der Waals surface area (Å²) in [5, 5.41) is 0. The van der Waals surface area contributed by atoms with Crippen LogP contribution in [0.1, 0.15) is 30.4 Å². The first kappa shape index (κ1) is 12.1. The Bertz CT molecular complexity index is 415. The van der Waals surface area contributed by atoms with Crippen LogP contribution in [0.25, 0.3) is 0 Å². The van der Waals surface area contributed by atoms with Crippen molar-refractivity contribution in [2.75, 3.05) is 18.5 Å². The number of carbonyl (C=O) groups is 1. The van der Waals surface area contributed by atoms with Crippen molar-refractivity contribution in [2.24, 2.45) is 5.73 Å². The first-order valence-electron chi connectivity index (χ1n) is 6.31. The monoisotopic (exact) mass is 232 g/mol. The molecule has 0 aromatic heterocycles. The number of hydrogen-bond acceptors (Lipinski definition) is 2. The van der Waals surface area contributed by atoms with Gasteiger partial charge in [0.15, 0.2) is 0 Å². The Morgan fingerprint density at radius 3 is 2.88 bits per heavy atom. The third-order valence-corrected chi connectivity index (χ3v) is 3.44. The van der Waals surface area contributed by atoms with Crippen molar-refractivity contribution in [3.63, 3.8) is 0 Å². The van der Waals surface area contributed by atoms with Crippen molar-refractivity contribution in [1.82, 2.24) is 0 Å². The molecular weight excluding hydrogens is 212 g/mol. The third-order valence-electron chi connectivity index (χ3n) is 3.44.